The normalized spacial score (nSPS) is 25.2. The van der Waals surface area contributed by atoms with Crippen molar-refractivity contribution in [1.29, 1.82) is 5.41 Å². The van der Waals surface area contributed by atoms with Crippen molar-refractivity contribution in [2.45, 2.75) is 83.1 Å². The second-order valence-electron chi connectivity index (χ2n) is 12.3. The number of nitrogens with one attached hydrogen (secondary N) is 2. The van der Waals surface area contributed by atoms with Crippen LogP contribution in [0.2, 0.25) is 0 Å². The van der Waals surface area contributed by atoms with Crippen LogP contribution in [-0.4, -0.2) is 52.4 Å². The average Bonchev–Trinajstić information content (AvgIpc) is 3.67. The highest BCUT2D eigenvalue weighted by Gasteiger charge is 2.79. The van der Waals surface area contributed by atoms with Crippen LogP contribution < -0.4 is 11.1 Å². The first-order valence-electron chi connectivity index (χ1n) is 15.2. The third-order valence-electron chi connectivity index (χ3n) is 9.54. The molecule has 228 valence electrons. The Morgan fingerprint density at radius 1 is 1.00 bits per heavy atom. The molecule has 2 saturated carbocycles. The number of carbonyl (C=O) groups excluding carboxylic acids is 4. The lowest BCUT2D eigenvalue weighted by molar-refractivity contribution is -0.886. The van der Waals surface area contributed by atoms with Gasteiger partial charge in [-0.05, 0) is 11.5 Å². The summed E-state index contributed by atoms with van der Waals surface area (Å²) in [6.45, 7) is 2.07. The molecule has 0 aromatic heterocycles. The highest BCUT2D eigenvalue weighted by molar-refractivity contribution is 6.04. The number of hydrogen-bond donors (Lipinski definition) is 3. The van der Waals surface area contributed by atoms with Crippen LogP contribution >= 0.6 is 0 Å². The first-order chi connectivity index (χ1) is 20.6. The molecule has 0 radical (unpaired) electrons. The number of carbonyl (C=O) groups is 4. The number of esters is 1. The van der Waals surface area contributed by atoms with Crippen LogP contribution in [0.1, 0.15) is 75.0 Å². The monoisotopic (exact) mass is 589 g/mol. The molecule has 10 heteroatoms. The zero-order valence-electron chi connectivity index (χ0n) is 24.7. The number of benzene rings is 2. The van der Waals surface area contributed by atoms with Crippen LogP contribution in [0.5, 0.6) is 0 Å². The van der Waals surface area contributed by atoms with Crippen molar-refractivity contribution >= 4 is 29.7 Å². The van der Waals surface area contributed by atoms with Crippen molar-refractivity contribution in [3.63, 3.8) is 0 Å². The molecule has 3 amide bonds. The van der Waals surface area contributed by atoms with Gasteiger partial charge < -0.3 is 15.2 Å². The van der Waals surface area contributed by atoms with E-state index in [4.69, 9.17) is 20.6 Å². The van der Waals surface area contributed by atoms with Crippen molar-refractivity contribution in [2.75, 3.05) is 6.54 Å². The molecule has 5 rings (SSSR count). The Morgan fingerprint density at radius 3 is 2.33 bits per heavy atom. The minimum Gasteiger partial charge on any atom is -0.448 e. The highest BCUT2D eigenvalue weighted by atomic mass is 16.6. The van der Waals surface area contributed by atoms with Crippen molar-refractivity contribution < 1.29 is 33.1 Å². The Morgan fingerprint density at radius 2 is 1.70 bits per heavy atom. The summed E-state index contributed by atoms with van der Waals surface area (Å²) in [4.78, 5) is 51.8. The van der Waals surface area contributed by atoms with Gasteiger partial charge in [-0.3, -0.25) is 20.3 Å². The van der Waals surface area contributed by atoms with Gasteiger partial charge in [0.15, 0.2) is 5.54 Å². The summed E-state index contributed by atoms with van der Waals surface area (Å²) < 4.78 is 10.7. The van der Waals surface area contributed by atoms with Crippen LogP contribution in [0, 0.1) is 17.2 Å². The van der Waals surface area contributed by atoms with E-state index in [2.05, 4.69) is 5.32 Å². The topological polar surface area (TPSA) is 149 Å². The number of rotatable bonds is 10. The van der Waals surface area contributed by atoms with E-state index >= 15 is 0 Å². The maximum atomic E-state index is 14.5. The van der Waals surface area contributed by atoms with Gasteiger partial charge in [0.05, 0.1) is 6.54 Å². The van der Waals surface area contributed by atoms with Gasteiger partial charge in [0.25, 0.3) is 5.91 Å². The number of fused-ring (bicyclic) bond motifs is 1. The molecule has 1 unspecified atom stereocenters. The molecule has 4 N–H and O–H groups in total. The number of ether oxygens (including phenoxy) is 2. The fourth-order valence-corrected chi connectivity index (χ4v) is 7.30. The lowest BCUT2D eigenvalue weighted by Gasteiger charge is -2.41. The maximum absolute atomic E-state index is 14.5. The van der Waals surface area contributed by atoms with Crippen LogP contribution in [0.3, 0.4) is 0 Å². The molecular weight excluding hydrogens is 548 g/mol. The molecule has 1 aliphatic heterocycles. The van der Waals surface area contributed by atoms with Crippen LogP contribution in [-0.2, 0) is 37.0 Å². The Kier molecular flexibility index (Phi) is 8.96. The highest BCUT2D eigenvalue weighted by Crippen LogP contribution is 2.61. The van der Waals surface area contributed by atoms with E-state index in [-0.39, 0.29) is 35.3 Å². The number of piperidine rings is 1. The van der Waals surface area contributed by atoms with Crippen molar-refractivity contribution in [1.82, 2.24) is 5.32 Å². The van der Waals surface area contributed by atoms with Crippen molar-refractivity contribution in [3.8, 4) is 0 Å². The molecule has 3 fully saturated rings. The average molecular weight is 590 g/mol. The number of amides is 3. The minimum absolute atomic E-state index is 0.0279. The third-order valence-corrected chi connectivity index (χ3v) is 9.54. The van der Waals surface area contributed by atoms with E-state index in [0.29, 0.717) is 37.3 Å². The van der Waals surface area contributed by atoms with Gasteiger partial charge >= 0.3 is 18.0 Å². The van der Waals surface area contributed by atoms with Crippen molar-refractivity contribution in [2.24, 2.45) is 17.6 Å². The molecule has 3 aliphatic rings. The molecule has 1 saturated heterocycles. The summed E-state index contributed by atoms with van der Waals surface area (Å²) in [5, 5.41) is 10.8. The van der Waals surface area contributed by atoms with E-state index in [0.717, 1.165) is 36.8 Å². The molecule has 2 aliphatic carbocycles. The summed E-state index contributed by atoms with van der Waals surface area (Å²) in [5.74, 6) is -1.05. The summed E-state index contributed by atoms with van der Waals surface area (Å²) in [6, 6.07) is 16.2. The standard InChI is InChI=1S/C33H40N4O6/c1-22(38)43-28(18-23-8-4-2-5-9-23)30(39)37(17-16-27-19-33(27,37)31(35)40)20-24-12-14-26(15-13-24)29(34)36-32(41)42-21-25-10-6-3-7-11-25/h3,6-7,10-15,23,27-28H,2,4-5,8-9,16-21H2,1H3,(H3-,34,35,36,40,41)/p+1/t27-,28-,33+,37?/m1/s1. The summed E-state index contributed by atoms with van der Waals surface area (Å²) >= 11 is 0. The number of primary amides is 1. The molecule has 43 heavy (non-hydrogen) atoms. The first kappa shape index (κ1) is 30.4. The Hall–Kier alpha value is -4.05. The number of hydrogen-bond acceptors (Lipinski definition) is 7. The summed E-state index contributed by atoms with van der Waals surface area (Å²) in [5.41, 5.74) is 7.08. The van der Waals surface area contributed by atoms with Gasteiger partial charge in [-0.1, -0.05) is 86.7 Å². The van der Waals surface area contributed by atoms with Crippen LogP contribution in [0.15, 0.2) is 54.6 Å². The minimum atomic E-state index is -1.00. The predicted octanol–water partition coefficient (Wildman–Crippen LogP) is 4.33. The molecule has 2 aromatic rings. The summed E-state index contributed by atoms with van der Waals surface area (Å²) in [7, 11) is 0. The van der Waals surface area contributed by atoms with E-state index < -0.39 is 29.6 Å². The largest absolute Gasteiger partial charge is 0.448 e. The third kappa shape index (κ3) is 6.34. The predicted molar refractivity (Wildman–Crippen MR) is 158 cm³/mol. The number of quaternary nitrogens is 1. The maximum Gasteiger partial charge on any atom is 0.413 e. The molecule has 2 aromatic carbocycles. The van der Waals surface area contributed by atoms with E-state index in [1.54, 1.807) is 24.3 Å². The van der Waals surface area contributed by atoms with E-state index in [1.165, 1.54) is 13.3 Å². The Labute approximate surface area is 252 Å². The quantitative estimate of drug-likeness (QED) is 0.163. The zero-order valence-corrected chi connectivity index (χ0v) is 24.7. The van der Waals surface area contributed by atoms with E-state index in [1.807, 2.05) is 30.3 Å². The number of nitrogens with two attached hydrogens (primary N) is 1. The number of amidine groups is 1. The van der Waals surface area contributed by atoms with Gasteiger partial charge in [-0.25, -0.2) is 14.1 Å². The van der Waals surface area contributed by atoms with Gasteiger partial charge in [0, 0.05) is 43.2 Å². The summed E-state index contributed by atoms with van der Waals surface area (Å²) in [6.07, 6.45) is 5.39. The molecular formula is C33H41N4O6+. The molecule has 10 nitrogen and oxygen atoms in total. The van der Waals surface area contributed by atoms with Gasteiger partial charge in [0.1, 0.15) is 19.0 Å². The molecule has 4 atom stereocenters. The number of likely N-dealkylation sites (tertiary alicyclic amines) is 1. The van der Waals surface area contributed by atoms with E-state index in [9.17, 15) is 19.2 Å². The lowest BCUT2D eigenvalue weighted by atomic mass is 9.85. The lowest BCUT2D eigenvalue weighted by Crippen LogP contribution is -2.66. The molecule has 1 heterocycles. The van der Waals surface area contributed by atoms with Gasteiger partial charge in [-0.15, -0.1) is 0 Å². The van der Waals surface area contributed by atoms with Gasteiger partial charge in [0.2, 0.25) is 6.10 Å². The van der Waals surface area contributed by atoms with Crippen LogP contribution in [0.4, 0.5) is 4.79 Å². The molecule has 0 spiro atoms. The number of nitrogens with zero attached hydrogens (tertiary/aromatic N) is 1. The number of alkyl carbamates (subject to hydrolysis) is 1. The SMILES string of the molecule is CC(=O)O[C@H](CC1CCCCC1)C(=O)[N+]1(Cc2ccc(C(=N)NC(=O)OCc3ccccc3)cc2)CC[C@@H]2C[C@@]21C(N)=O. The fourth-order valence-electron chi connectivity index (χ4n) is 7.30. The second kappa shape index (κ2) is 12.7. The second-order valence-corrected chi connectivity index (χ2v) is 12.3. The fraction of sp³-hybridized carbons (Fsp3) is 0.485. The smallest absolute Gasteiger partial charge is 0.413 e. The molecule has 0 bridgehead atoms. The van der Waals surface area contributed by atoms with Gasteiger partial charge in [-0.2, -0.15) is 0 Å². The van der Waals surface area contributed by atoms with Crippen molar-refractivity contribution in [3.05, 3.63) is 71.3 Å². The Balaban J connectivity index is 1.32. The zero-order chi connectivity index (χ0) is 30.6. The Bertz CT molecular complexity index is 1370. The van der Waals surface area contributed by atoms with Crippen LogP contribution in [0.25, 0.3) is 0 Å². The first-order valence-corrected chi connectivity index (χ1v) is 15.2.